The molecule has 0 spiro atoms. The Labute approximate surface area is 161 Å². The third-order valence-corrected chi connectivity index (χ3v) is 6.14. The van der Waals surface area contributed by atoms with Crippen molar-refractivity contribution in [2.24, 2.45) is 0 Å². The fourth-order valence-corrected chi connectivity index (χ4v) is 4.02. The molecule has 0 amide bonds. The van der Waals surface area contributed by atoms with Crippen molar-refractivity contribution >= 4 is 10.0 Å². The van der Waals surface area contributed by atoms with Gasteiger partial charge in [-0.1, -0.05) is 12.1 Å². The number of sulfonamides is 1. The van der Waals surface area contributed by atoms with Crippen molar-refractivity contribution in [2.75, 3.05) is 27.2 Å². The molecule has 0 saturated carbocycles. The van der Waals surface area contributed by atoms with Gasteiger partial charge in [-0.15, -0.1) is 0 Å². The van der Waals surface area contributed by atoms with E-state index in [1.54, 1.807) is 19.2 Å². The third-order valence-electron chi connectivity index (χ3n) is 4.73. The number of piperidine rings is 1. The average Bonchev–Trinajstić information content (AvgIpc) is 2.69. The van der Waals surface area contributed by atoms with Crippen LogP contribution in [0.3, 0.4) is 0 Å². The van der Waals surface area contributed by atoms with Crippen LogP contribution < -0.4 is 14.2 Å². The number of methoxy groups -OCH3 is 1. The van der Waals surface area contributed by atoms with Gasteiger partial charge in [-0.25, -0.2) is 13.1 Å². The van der Waals surface area contributed by atoms with Crippen LogP contribution in [0.2, 0.25) is 0 Å². The summed E-state index contributed by atoms with van der Waals surface area (Å²) in [4.78, 5) is 2.52. The molecule has 1 aliphatic heterocycles. The van der Waals surface area contributed by atoms with Gasteiger partial charge in [-0.2, -0.15) is 0 Å². The molecule has 0 aliphatic carbocycles. The summed E-state index contributed by atoms with van der Waals surface area (Å²) < 4.78 is 38.5. The lowest BCUT2D eigenvalue weighted by molar-refractivity contribution is 0.114. The molecule has 27 heavy (non-hydrogen) atoms. The molecule has 1 N–H and O–H groups in total. The van der Waals surface area contributed by atoms with Crippen molar-refractivity contribution in [3.8, 4) is 11.5 Å². The highest BCUT2D eigenvalue weighted by Crippen LogP contribution is 2.20. The molecule has 7 heteroatoms. The van der Waals surface area contributed by atoms with Crippen molar-refractivity contribution in [3.05, 3.63) is 54.1 Å². The van der Waals surface area contributed by atoms with E-state index in [-0.39, 0.29) is 17.5 Å². The molecule has 1 heterocycles. The molecule has 0 atom stereocenters. The smallest absolute Gasteiger partial charge is 0.240 e. The predicted octanol–water partition coefficient (Wildman–Crippen LogP) is 2.65. The first-order chi connectivity index (χ1) is 13.0. The average molecular weight is 391 g/mol. The maximum absolute atomic E-state index is 12.4. The number of ether oxygens (including phenoxy) is 2. The second-order valence-corrected chi connectivity index (χ2v) is 8.53. The fraction of sp³-hybridized carbons (Fsp3) is 0.400. The van der Waals surface area contributed by atoms with Gasteiger partial charge < -0.3 is 14.4 Å². The van der Waals surface area contributed by atoms with Crippen LogP contribution in [0, 0.1) is 0 Å². The van der Waals surface area contributed by atoms with Gasteiger partial charge in [0.25, 0.3) is 0 Å². The van der Waals surface area contributed by atoms with Gasteiger partial charge >= 0.3 is 0 Å². The number of rotatable bonds is 7. The van der Waals surface area contributed by atoms with Crippen molar-refractivity contribution < 1.29 is 17.9 Å². The summed E-state index contributed by atoms with van der Waals surface area (Å²) in [7, 11) is 0.104. The lowest BCUT2D eigenvalue weighted by Gasteiger charge is -2.29. The largest absolute Gasteiger partial charge is 0.497 e. The first-order valence-corrected chi connectivity index (χ1v) is 10.5. The molecule has 0 aromatic heterocycles. The third kappa shape index (κ3) is 5.45. The summed E-state index contributed by atoms with van der Waals surface area (Å²) >= 11 is 0. The van der Waals surface area contributed by atoms with Gasteiger partial charge in [0.2, 0.25) is 10.0 Å². The quantitative estimate of drug-likeness (QED) is 0.787. The van der Waals surface area contributed by atoms with E-state index in [0.717, 1.165) is 37.2 Å². The highest BCUT2D eigenvalue weighted by atomic mass is 32.2. The second kappa shape index (κ2) is 8.73. The number of nitrogens with zero attached hydrogens (tertiary/aromatic N) is 1. The summed E-state index contributed by atoms with van der Waals surface area (Å²) in [6.07, 6.45) is 2.31. The molecule has 2 aromatic rings. The minimum absolute atomic E-state index is 0.213. The zero-order chi connectivity index (χ0) is 19.3. The Bertz CT molecular complexity index is 827. The van der Waals surface area contributed by atoms with Gasteiger partial charge in [0.15, 0.2) is 0 Å². The molecule has 0 radical (unpaired) electrons. The lowest BCUT2D eigenvalue weighted by Crippen LogP contribution is -2.35. The molecule has 1 aliphatic rings. The lowest BCUT2D eigenvalue weighted by atomic mass is 10.1. The molecule has 3 rings (SSSR count). The molecule has 2 aromatic carbocycles. The van der Waals surface area contributed by atoms with E-state index >= 15 is 0 Å². The minimum atomic E-state index is -3.56. The monoisotopic (exact) mass is 390 g/mol. The highest BCUT2D eigenvalue weighted by molar-refractivity contribution is 7.89. The van der Waals surface area contributed by atoms with Crippen molar-refractivity contribution in [1.82, 2.24) is 9.62 Å². The zero-order valence-electron chi connectivity index (χ0n) is 15.7. The Morgan fingerprint density at radius 1 is 1.00 bits per heavy atom. The van der Waals surface area contributed by atoms with Crippen LogP contribution in [0.5, 0.6) is 11.5 Å². The van der Waals surface area contributed by atoms with Gasteiger partial charge in [0.1, 0.15) is 17.6 Å². The molecular weight excluding hydrogens is 364 g/mol. The SMILES string of the molecule is COc1ccc(S(=O)(=O)NCc2ccc(OC3CCN(C)CC3)cc2)cc1. The Balaban J connectivity index is 1.54. The Morgan fingerprint density at radius 2 is 1.59 bits per heavy atom. The van der Waals surface area contributed by atoms with Gasteiger partial charge in [0.05, 0.1) is 12.0 Å². The number of likely N-dealkylation sites (tertiary alicyclic amines) is 1. The number of nitrogens with one attached hydrogen (secondary N) is 1. The normalized spacial score (nSPS) is 16.2. The van der Waals surface area contributed by atoms with Gasteiger partial charge in [-0.05, 0) is 61.9 Å². The summed E-state index contributed by atoms with van der Waals surface area (Å²) in [6, 6.07) is 13.9. The maximum Gasteiger partial charge on any atom is 0.240 e. The van der Waals surface area contributed by atoms with Crippen LogP contribution in [-0.4, -0.2) is 46.7 Å². The van der Waals surface area contributed by atoms with E-state index in [1.807, 2.05) is 24.3 Å². The Hall–Kier alpha value is -2.09. The summed E-state index contributed by atoms with van der Waals surface area (Å²) in [6.45, 7) is 2.33. The molecule has 0 unspecified atom stereocenters. The van der Waals surface area contributed by atoms with E-state index in [1.165, 1.54) is 12.1 Å². The molecule has 0 bridgehead atoms. The Morgan fingerprint density at radius 3 is 2.19 bits per heavy atom. The highest BCUT2D eigenvalue weighted by Gasteiger charge is 2.18. The standard InChI is InChI=1S/C20H26N2O4S/c1-22-13-11-19(12-14-22)26-18-5-3-16(4-6-18)15-21-27(23,24)20-9-7-17(25-2)8-10-20/h3-10,19,21H,11-15H2,1-2H3. The van der Waals surface area contributed by atoms with Crippen molar-refractivity contribution in [2.45, 2.75) is 30.4 Å². The second-order valence-electron chi connectivity index (χ2n) is 6.76. The molecule has 146 valence electrons. The van der Waals surface area contributed by atoms with Gasteiger partial charge in [-0.3, -0.25) is 0 Å². The first-order valence-electron chi connectivity index (χ1n) is 9.04. The first kappa shape index (κ1) is 19.7. The molecule has 1 fully saturated rings. The van der Waals surface area contributed by atoms with E-state index in [9.17, 15) is 8.42 Å². The van der Waals surface area contributed by atoms with E-state index < -0.39 is 10.0 Å². The van der Waals surface area contributed by atoms with Crippen LogP contribution >= 0.6 is 0 Å². The van der Waals surface area contributed by atoms with Crippen LogP contribution in [0.15, 0.2) is 53.4 Å². The van der Waals surface area contributed by atoms with Crippen LogP contribution in [0.4, 0.5) is 0 Å². The van der Waals surface area contributed by atoms with Crippen LogP contribution in [0.1, 0.15) is 18.4 Å². The number of hydrogen-bond donors (Lipinski definition) is 1. The summed E-state index contributed by atoms with van der Waals surface area (Å²) in [5, 5.41) is 0. The van der Waals surface area contributed by atoms with Crippen LogP contribution in [0.25, 0.3) is 0 Å². The topological polar surface area (TPSA) is 67.9 Å². The number of hydrogen-bond acceptors (Lipinski definition) is 5. The summed E-state index contributed by atoms with van der Waals surface area (Å²) in [5.74, 6) is 1.44. The van der Waals surface area contributed by atoms with Crippen LogP contribution in [-0.2, 0) is 16.6 Å². The molecular formula is C20H26N2O4S. The number of benzene rings is 2. The molecule has 1 saturated heterocycles. The maximum atomic E-state index is 12.4. The summed E-state index contributed by atoms with van der Waals surface area (Å²) in [5.41, 5.74) is 0.878. The van der Waals surface area contributed by atoms with Crippen molar-refractivity contribution in [3.63, 3.8) is 0 Å². The van der Waals surface area contributed by atoms with E-state index in [4.69, 9.17) is 9.47 Å². The van der Waals surface area contributed by atoms with Crippen molar-refractivity contribution in [1.29, 1.82) is 0 Å². The fourth-order valence-electron chi connectivity index (χ4n) is 3.00. The Kier molecular flexibility index (Phi) is 6.36. The van der Waals surface area contributed by atoms with Gasteiger partial charge in [0, 0.05) is 19.6 Å². The predicted molar refractivity (Wildman–Crippen MR) is 105 cm³/mol. The zero-order valence-corrected chi connectivity index (χ0v) is 16.5. The van der Waals surface area contributed by atoms with E-state index in [0.29, 0.717) is 5.75 Å². The molecule has 6 nitrogen and oxygen atoms in total. The minimum Gasteiger partial charge on any atom is -0.497 e. The van der Waals surface area contributed by atoms with E-state index in [2.05, 4.69) is 16.7 Å².